The number of aryl methyl sites for hydroxylation is 1. The molecule has 2 amide bonds. The molecular formula is C23H25ClN4O4. The van der Waals surface area contributed by atoms with Gasteiger partial charge in [-0.25, -0.2) is 4.68 Å². The van der Waals surface area contributed by atoms with Crippen LogP contribution in [0.25, 0.3) is 0 Å². The number of hydrazine groups is 1. The highest BCUT2D eigenvalue weighted by atomic mass is 35.5. The Morgan fingerprint density at radius 3 is 2.41 bits per heavy atom. The molecule has 2 aromatic carbocycles. The van der Waals surface area contributed by atoms with E-state index in [2.05, 4.69) is 16.0 Å². The van der Waals surface area contributed by atoms with E-state index in [1.807, 2.05) is 44.2 Å². The van der Waals surface area contributed by atoms with Crippen LogP contribution in [0.15, 0.2) is 48.5 Å². The molecule has 0 aliphatic heterocycles. The molecular weight excluding hydrogens is 432 g/mol. The first-order valence-corrected chi connectivity index (χ1v) is 10.4. The molecule has 0 radical (unpaired) electrons. The molecule has 0 saturated carbocycles. The number of carbonyl (C=O) groups excluding carboxylic acids is 2. The smallest absolute Gasteiger partial charge is 0.274 e. The van der Waals surface area contributed by atoms with Gasteiger partial charge in [0.05, 0.1) is 25.5 Å². The lowest BCUT2D eigenvalue weighted by molar-refractivity contribution is 0.0846. The predicted molar refractivity (Wildman–Crippen MR) is 121 cm³/mol. The van der Waals surface area contributed by atoms with E-state index >= 15 is 0 Å². The number of rotatable bonds is 7. The second-order valence-corrected chi connectivity index (χ2v) is 7.69. The van der Waals surface area contributed by atoms with Gasteiger partial charge in [0.2, 0.25) is 0 Å². The second kappa shape index (κ2) is 10.2. The number of nitrogens with zero attached hydrogens (tertiary/aromatic N) is 2. The molecule has 3 aromatic rings. The number of nitrogens with one attached hydrogen (secondary N) is 2. The Morgan fingerprint density at radius 1 is 1.06 bits per heavy atom. The van der Waals surface area contributed by atoms with Gasteiger partial charge in [0, 0.05) is 5.56 Å². The number of hydrogen-bond donors (Lipinski definition) is 2. The highest BCUT2D eigenvalue weighted by molar-refractivity contribution is 6.33. The van der Waals surface area contributed by atoms with Gasteiger partial charge in [-0.1, -0.05) is 41.9 Å². The van der Waals surface area contributed by atoms with Crippen LogP contribution in [0.1, 0.15) is 45.8 Å². The molecule has 0 spiro atoms. The van der Waals surface area contributed by atoms with E-state index in [0.717, 1.165) is 5.56 Å². The summed E-state index contributed by atoms with van der Waals surface area (Å²) < 4.78 is 12.5. The first-order chi connectivity index (χ1) is 15.3. The van der Waals surface area contributed by atoms with Crippen LogP contribution in [0.2, 0.25) is 5.15 Å². The first kappa shape index (κ1) is 23.1. The fourth-order valence-electron chi connectivity index (χ4n) is 3.08. The van der Waals surface area contributed by atoms with Crippen LogP contribution in [0, 0.1) is 6.92 Å². The molecule has 9 heteroatoms. The highest BCUT2D eigenvalue weighted by Gasteiger charge is 2.21. The van der Waals surface area contributed by atoms with E-state index in [-0.39, 0.29) is 16.8 Å². The van der Waals surface area contributed by atoms with Crippen molar-refractivity contribution in [3.05, 3.63) is 76.1 Å². The first-order valence-electron chi connectivity index (χ1n) is 10.0. The summed E-state index contributed by atoms with van der Waals surface area (Å²) in [4.78, 5) is 25.2. The summed E-state index contributed by atoms with van der Waals surface area (Å²) in [5.41, 5.74) is 6.72. The molecule has 0 unspecified atom stereocenters. The molecule has 32 heavy (non-hydrogen) atoms. The minimum atomic E-state index is -0.563. The Balaban J connectivity index is 1.68. The van der Waals surface area contributed by atoms with Gasteiger partial charge in [-0.05, 0) is 44.5 Å². The van der Waals surface area contributed by atoms with Crippen molar-refractivity contribution in [3.63, 3.8) is 0 Å². The van der Waals surface area contributed by atoms with Gasteiger partial charge in [0.15, 0.2) is 11.5 Å². The Morgan fingerprint density at radius 2 is 1.75 bits per heavy atom. The molecule has 1 aromatic heterocycles. The van der Waals surface area contributed by atoms with E-state index in [0.29, 0.717) is 29.3 Å². The zero-order valence-electron chi connectivity index (χ0n) is 18.3. The van der Waals surface area contributed by atoms with E-state index in [4.69, 9.17) is 21.1 Å². The molecule has 2 N–H and O–H groups in total. The lowest BCUT2D eigenvalue weighted by Crippen LogP contribution is -2.41. The number of carbonyl (C=O) groups is 2. The minimum Gasteiger partial charge on any atom is -0.493 e. The number of amides is 2. The van der Waals surface area contributed by atoms with Gasteiger partial charge in [0.25, 0.3) is 11.8 Å². The molecule has 0 bridgehead atoms. The fourth-order valence-corrected chi connectivity index (χ4v) is 3.40. The van der Waals surface area contributed by atoms with Gasteiger partial charge < -0.3 is 9.47 Å². The number of benzene rings is 2. The van der Waals surface area contributed by atoms with Crippen molar-refractivity contribution in [2.24, 2.45) is 0 Å². The van der Waals surface area contributed by atoms with E-state index in [9.17, 15) is 9.59 Å². The van der Waals surface area contributed by atoms with Crippen LogP contribution in [0.5, 0.6) is 11.5 Å². The number of ether oxygens (including phenoxy) is 2. The van der Waals surface area contributed by atoms with E-state index < -0.39 is 11.8 Å². The fraction of sp³-hybridized carbons (Fsp3) is 0.261. The maximum Gasteiger partial charge on any atom is 0.274 e. The lowest BCUT2D eigenvalue weighted by atomic mass is 10.2. The van der Waals surface area contributed by atoms with Crippen LogP contribution in [0.3, 0.4) is 0 Å². The van der Waals surface area contributed by atoms with Gasteiger partial charge in [0.1, 0.15) is 10.7 Å². The van der Waals surface area contributed by atoms with Gasteiger partial charge >= 0.3 is 0 Å². The van der Waals surface area contributed by atoms with Crippen molar-refractivity contribution < 1.29 is 19.1 Å². The third-order valence-electron chi connectivity index (χ3n) is 4.55. The average Bonchev–Trinajstić information content (AvgIpc) is 3.05. The van der Waals surface area contributed by atoms with Crippen LogP contribution in [-0.4, -0.2) is 34.8 Å². The van der Waals surface area contributed by atoms with Crippen LogP contribution in [-0.2, 0) is 6.54 Å². The largest absolute Gasteiger partial charge is 0.493 e. The Kier molecular flexibility index (Phi) is 7.37. The summed E-state index contributed by atoms with van der Waals surface area (Å²) in [7, 11) is 1.49. The molecule has 0 saturated heterocycles. The van der Waals surface area contributed by atoms with Crippen molar-refractivity contribution in [2.75, 3.05) is 7.11 Å². The monoisotopic (exact) mass is 456 g/mol. The van der Waals surface area contributed by atoms with Crippen molar-refractivity contribution in [2.45, 2.75) is 33.4 Å². The summed E-state index contributed by atoms with van der Waals surface area (Å²) in [5.74, 6) is -0.139. The van der Waals surface area contributed by atoms with Crippen LogP contribution < -0.4 is 20.3 Å². The zero-order valence-corrected chi connectivity index (χ0v) is 19.1. The number of halogens is 1. The number of hydrogen-bond acceptors (Lipinski definition) is 5. The van der Waals surface area contributed by atoms with Crippen molar-refractivity contribution in [1.29, 1.82) is 0 Å². The normalized spacial score (nSPS) is 10.7. The second-order valence-electron chi connectivity index (χ2n) is 7.33. The van der Waals surface area contributed by atoms with Gasteiger partial charge in [-0.15, -0.1) is 0 Å². The Bertz CT molecular complexity index is 1110. The third-order valence-corrected chi connectivity index (χ3v) is 4.93. The molecule has 3 rings (SSSR count). The van der Waals surface area contributed by atoms with Crippen molar-refractivity contribution in [1.82, 2.24) is 20.6 Å². The van der Waals surface area contributed by atoms with Crippen LogP contribution in [0.4, 0.5) is 0 Å². The average molecular weight is 457 g/mol. The summed E-state index contributed by atoms with van der Waals surface area (Å²) in [6, 6.07) is 14.4. The maximum absolute atomic E-state index is 12.7. The number of aromatic nitrogens is 2. The SMILES string of the molecule is COc1cc(C(=O)NNC(=O)c2c(C)nn(Cc3ccccc3)c2Cl)ccc1OC(C)C. The Hall–Kier alpha value is -3.52. The van der Waals surface area contributed by atoms with Crippen LogP contribution >= 0.6 is 11.6 Å². The standard InChI is InChI=1S/C23H25ClN4O4/c1-14(2)32-18-11-10-17(12-19(18)31-4)22(29)25-26-23(30)20-15(3)27-28(21(20)24)13-16-8-6-5-7-9-16/h5-12,14H,13H2,1-4H3,(H,25,29)(H,26,30). The minimum absolute atomic E-state index is 0.0429. The van der Waals surface area contributed by atoms with Crippen molar-refractivity contribution >= 4 is 23.4 Å². The molecule has 0 atom stereocenters. The zero-order chi connectivity index (χ0) is 23.3. The molecule has 0 aliphatic rings. The molecule has 168 valence electrons. The highest BCUT2D eigenvalue weighted by Crippen LogP contribution is 2.29. The summed E-state index contributed by atoms with van der Waals surface area (Å²) in [6.07, 6.45) is -0.0429. The van der Waals surface area contributed by atoms with E-state index in [1.165, 1.54) is 13.2 Å². The molecule has 0 aliphatic carbocycles. The third kappa shape index (κ3) is 5.39. The summed E-state index contributed by atoms with van der Waals surface area (Å²) >= 11 is 6.40. The van der Waals surface area contributed by atoms with Crippen molar-refractivity contribution in [3.8, 4) is 11.5 Å². The predicted octanol–water partition coefficient (Wildman–Crippen LogP) is 3.76. The molecule has 1 heterocycles. The topological polar surface area (TPSA) is 94.5 Å². The Labute approximate surface area is 191 Å². The van der Waals surface area contributed by atoms with E-state index in [1.54, 1.807) is 23.7 Å². The maximum atomic E-state index is 12.7. The number of methoxy groups -OCH3 is 1. The summed E-state index contributed by atoms with van der Waals surface area (Å²) in [5, 5.41) is 4.54. The summed E-state index contributed by atoms with van der Waals surface area (Å²) in [6.45, 7) is 5.89. The quantitative estimate of drug-likeness (QED) is 0.528. The molecule has 8 nitrogen and oxygen atoms in total. The molecule has 0 fully saturated rings. The van der Waals surface area contributed by atoms with Gasteiger partial charge in [-0.2, -0.15) is 5.10 Å². The van der Waals surface area contributed by atoms with Gasteiger partial charge in [-0.3, -0.25) is 20.4 Å². The lowest BCUT2D eigenvalue weighted by Gasteiger charge is -2.14.